The predicted molar refractivity (Wildman–Crippen MR) is 82.2 cm³/mol. The first-order chi connectivity index (χ1) is 9.04. The SMILES string of the molecule is Cc1[nH]c2ccccc2c1CN(C)C(CN)C(C)C. The number of H-pyrrole nitrogens is 1. The van der Waals surface area contributed by atoms with Crippen LogP contribution in [0.2, 0.25) is 0 Å². The van der Waals surface area contributed by atoms with Crippen molar-refractivity contribution < 1.29 is 0 Å². The van der Waals surface area contributed by atoms with Crippen molar-refractivity contribution in [3.63, 3.8) is 0 Å². The largest absolute Gasteiger partial charge is 0.358 e. The van der Waals surface area contributed by atoms with Gasteiger partial charge in [-0.2, -0.15) is 0 Å². The molecule has 104 valence electrons. The highest BCUT2D eigenvalue weighted by atomic mass is 15.1. The van der Waals surface area contributed by atoms with Crippen LogP contribution in [0, 0.1) is 12.8 Å². The highest BCUT2D eigenvalue weighted by molar-refractivity contribution is 5.84. The molecule has 1 heterocycles. The molecule has 0 bridgehead atoms. The summed E-state index contributed by atoms with van der Waals surface area (Å²) < 4.78 is 0. The van der Waals surface area contributed by atoms with E-state index >= 15 is 0 Å². The average Bonchev–Trinajstić information content (AvgIpc) is 2.66. The molecule has 2 rings (SSSR count). The van der Waals surface area contributed by atoms with Crippen LogP contribution in [0.25, 0.3) is 10.9 Å². The number of nitrogens with zero attached hydrogens (tertiary/aromatic N) is 1. The van der Waals surface area contributed by atoms with E-state index in [2.05, 4.69) is 62.0 Å². The average molecular weight is 259 g/mol. The zero-order chi connectivity index (χ0) is 14.0. The van der Waals surface area contributed by atoms with E-state index in [9.17, 15) is 0 Å². The Balaban J connectivity index is 2.28. The molecule has 3 nitrogen and oxygen atoms in total. The van der Waals surface area contributed by atoms with Gasteiger partial charge in [-0.3, -0.25) is 4.90 Å². The van der Waals surface area contributed by atoms with Gasteiger partial charge in [0.25, 0.3) is 0 Å². The highest BCUT2D eigenvalue weighted by Crippen LogP contribution is 2.24. The Morgan fingerprint density at radius 1 is 1.26 bits per heavy atom. The Labute approximate surface area is 115 Å². The fraction of sp³-hybridized carbons (Fsp3) is 0.500. The van der Waals surface area contributed by atoms with Gasteiger partial charge in [-0.1, -0.05) is 32.0 Å². The van der Waals surface area contributed by atoms with Gasteiger partial charge in [-0.15, -0.1) is 0 Å². The number of aryl methyl sites for hydroxylation is 1. The molecule has 2 aromatic rings. The van der Waals surface area contributed by atoms with Gasteiger partial charge in [0.2, 0.25) is 0 Å². The molecule has 19 heavy (non-hydrogen) atoms. The molecule has 1 aromatic carbocycles. The minimum atomic E-state index is 0.424. The number of hydrogen-bond donors (Lipinski definition) is 2. The van der Waals surface area contributed by atoms with Crippen LogP contribution in [0.3, 0.4) is 0 Å². The molecule has 0 fully saturated rings. The maximum Gasteiger partial charge on any atom is 0.0459 e. The monoisotopic (exact) mass is 259 g/mol. The number of para-hydroxylation sites is 1. The van der Waals surface area contributed by atoms with Crippen molar-refractivity contribution in [2.24, 2.45) is 11.7 Å². The van der Waals surface area contributed by atoms with E-state index < -0.39 is 0 Å². The molecule has 0 aliphatic heterocycles. The summed E-state index contributed by atoms with van der Waals surface area (Å²) in [6, 6.07) is 8.92. The maximum atomic E-state index is 5.90. The lowest BCUT2D eigenvalue weighted by Crippen LogP contribution is -2.41. The van der Waals surface area contributed by atoms with E-state index in [1.807, 2.05) is 0 Å². The lowest BCUT2D eigenvalue weighted by Gasteiger charge is -2.30. The fourth-order valence-electron chi connectivity index (χ4n) is 2.87. The first kappa shape index (κ1) is 14.1. The molecule has 0 spiro atoms. The Kier molecular flexibility index (Phi) is 4.27. The van der Waals surface area contributed by atoms with Gasteiger partial charge in [0.15, 0.2) is 0 Å². The number of hydrogen-bond acceptors (Lipinski definition) is 2. The number of rotatable bonds is 5. The van der Waals surface area contributed by atoms with Gasteiger partial charge < -0.3 is 10.7 Å². The van der Waals surface area contributed by atoms with Gasteiger partial charge in [-0.25, -0.2) is 0 Å². The molecular weight excluding hydrogens is 234 g/mol. The van der Waals surface area contributed by atoms with Crippen LogP contribution < -0.4 is 5.73 Å². The molecule has 0 saturated heterocycles. The third-order valence-electron chi connectivity index (χ3n) is 4.01. The van der Waals surface area contributed by atoms with Crippen LogP contribution in [0.1, 0.15) is 25.1 Å². The van der Waals surface area contributed by atoms with Crippen molar-refractivity contribution in [2.75, 3.05) is 13.6 Å². The second kappa shape index (κ2) is 5.76. The number of benzene rings is 1. The summed E-state index contributed by atoms with van der Waals surface area (Å²) in [6.07, 6.45) is 0. The lowest BCUT2D eigenvalue weighted by atomic mass is 10.0. The summed E-state index contributed by atoms with van der Waals surface area (Å²) in [4.78, 5) is 5.83. The van der Waals surface area contributed by atoms with Gasteiger partial charge in [0.1, 0.15) is 0 Å². The molecule has 1 unspecified atom stereocenters. The Bertz CT molecular complexity index is 542. The van der Waals surface area contributed by atoms with Crippen molar-refractivity contribution >= 4 is 10.9 Å². The van der Waals surface area contributed by atoms with Crippen LogP contribution in [0.15, 0.2) is 24.3 Å². The maximum absolute atomic E-state index is 5.90. The Hall–Kier alpha value is -1.32. The van der Waals surface area contributed by atoms with Crippen molar-refractivity contribution in [3.8, 4) is 0 Å². The van der Waals surface area contributed by atoms with E-state index in [1.54, 1.807) is 0 Å². The molecule has 0 saturated carbocycles. The standard InChI is InChI=1S/C16H25N3/c1-11(2)16(9-17)19(4)10-14-12(3)18-15-8-6-5-7-13(14)15/h5-8,11,16,18H,9-10,17H2,1-4H3. The van der Waals surface area contributed by atoms with Crippen molar-refractivity contribution in [3.05, 3.63) is 35.5 Å². The number of nitrogens with one attached hydrogen (secondary N) is 1. The molecule has 3 N–H and O–H groups in total. The summed E-state index contributed by atoms with van der Waals surface area (Å²) in [7, 11) is 2.17. The molecule has 0 aliphatic carbocycles. The summed E-state index contributed by atoms with van der Waals surface area (Å²) in [5.74, 6) is 0.570. The third kappa shape index (κ3) is 2.82. The van der Waals surface area contributed by atoms with Crippen LogP contribution in [0.4, 0.5) is 0 Å². The number of likely N-dealkylation sites (N-methyl/N-ethyl adjacent to an activating group) is 1. The Morgan fingerprint density at radius 2 is 1.95 bits per heavy atom. The number of aromatic nitrogens is 1. The minimum absolute atomic E-state index is 0.424. The topological polar surface area (TPSA) is 45.0 Å². The summed E-state index contributed by atoms with van der Waals surface area (Å²) in [6.45, 7) is 8.26. The van der Waals surface area contributed by atoms with Crippen molar-refractivity contribution in [2.45, 2.75) is 33.4 Å². The normalized spacial score (nSPS) is 13.6. The van der Waals surface area contributed by atoms with E-state index in [4.69, 9.17) is 5.73 Å². The lowest BCUT2D eigenvalue weighted by molar-refractivity contribution is 0.190. The van der Waals surface area contributed by atoms with E-state index in [0.717, 1.165) is 6.54 Å². The van der Waals surface area contributed by atoms with Gasteiger partial charge >= 0.3 is 0 Å². The zero-order valence-electron chi connectivity index (χ0n) is 12.4. The molecule has 0 aliphatic rings. The second-order valence-electron chi connectivity index (χ2n) is 5.74. The van der Waals surface area contributed by atoms with E-state index in [-0.39, 0.29) is 0 Å². The van der Waals surface area contributed by atoms with Gasteiger partial charge in [0, 0.05) is 35.7 Å². The van der Waals surface area contributed by atoms with Crippen LogP contribution in [0.5, 0.6) is 0 Å². The molecule has 0 amide bonds. The summed E-state index contributed by atoms with van der Waals surface area (Å²) >= 11 is 0. The predicted octanol–water partition coefficient (Wildman–Crippen LogP) is 2.89. The number of fused-ring (bicyclic) bond motifs is 1. The quantitative estimate of drug-likeness (QED) is 0.867. The van der Waals surface area contributed by atoms with Crippen LogP contribution >= 0.6 is 0 Å². The van der Waals surface area contributed by atoms with Crippen LogP contribution in [-0.4, -0.2) is 29.5 Å². The number of aromatic amines is 1. The highest BCUT2D eigenvalue weighted by Gasteiger charge is 2.19. The number of nitrogens with two attached hydrogens (primary N) is 1. The summed E-state index contributed by atoms with van der Waals surface area (Å²) in [5, 5.41) is 1.33. The first-order valence-corrected chi connectivity index (χ1v) is 7.01. The zero-order valence-corrected chi connectivity index (χ0v) is 12.4. The minimum Gasteiger partial charge on any atom is -0.358 e. The Morgan fingerprint density at radius 3 is 2.58 bits per heavy atom. The van der Waals surface area contributed by atoms with Gasteiger partial charge in [0.05, 0.1) is 0 Å². The first-order valence-electron chi connectivity index (χ1n) is 7.01. The van der Waals surface area contributed by atoms with Crippen LogP contribution in [-0.2, 0) is 6.54 Å². The molecule has 1 aromatic heterocycles. The smallest absolute Gasteiger partial charge is 0.0459 e. The van der Waals surface area contributed by atoms with Gasteiger partial charge in [-0.05, 0) is 31.5 Å². The van der Waals surface area contributed by atoms with E-state index in [1.165, 1.54) is 22.2 Å². The van der Waals surface area contributed by atoms with E-state index in [0.29, 0.717) is 18.5 Å². The molecule has 3 heteroatoms. The molecule has 1 atom stereocenters. The molecular formula is C16H25N3. The van der Waals surface area contributed by atoms with Crippen molar-refractivity contribution in [1.29, 1.82) is 0 Å². The fourth-order valence-corrected chi connectivity index (χ4v) is 2.87. The third-order valence-corrected chi connectivity index (χ3v) is 4.01. The van der Waals surface area contributed by atoms with Crippen molar-refractivity contribution in [1.82, 2.24) is 9.88 Å². The summed E-state index contributed by atoms with van der Waals surface area (Å²) in [5.41, 5.74) is 9.77. The second-order valence-corrected chi connectivity index (χ2v) is 5.74. The molecule has 0 radical (unpaired) electrons.